The van der Waals surface area contributed by atoms with Crippen LogP contribution in [0.5, 0.6) is 5.75 Å². The number of ether oxygens (including phenoxy) is 1. The predicted octanol–water partition coefficient (Wildman–Crippen LogP) is 6.02. The molecule has 5 rings (SSSR count). The van der Waals surface area contributed by atoms with E-state index in [0.29, 0.717) is 33.0 Å². The van der Waals surface area contributed by atoms with Gasteiger partial charge >= 0.3 is 0 Å². The number of rotatable bonds is 5. The number of hydrogen-bond acceptors (Lipinski definition) is 5. The average Bonchev–Trinajstić information content (AvgIpc) is 3.38. The topological polar surface area (TPSA) is 80.0 Å². The number of Topliss-reactive ketones (excluding diaryl/α,β-unsaturated/α-hetero) is 1. The van der Waals surface area contributed by atoms with Crippen LogP contribution in [0.2, 0.25) is 5.02 Å². The van der Waals surface area contributed by atoms with E-state index in [-0.39, 0.29) is 11.3 Å². The smallest absolute Gasteiger partial charge is 0.294 e. The first-order valence-electron chi connectivity index (χ1n) is 10.3. The highest BCUT2D eigenvalue weighted by Gasteiger charge is 2.45. The van der Waals surface area contributed by atoms with Crippen molar-refractivity contribution in [2.24, 2.45) is 0 Å². The minimum Gasteiger partial charge on any atom is -0.503 e. The number of hydrogen-bond donors (Lipinski definition) is 1. The van der Waals surface area contributed by atoms with Crippen LogP contribution in [-0.2, 0) is 4.79 Å². The second-order valence-corrected chi connectivity index (χ2v) is 8.15. The largest absolute Gasteiger partial charge is 0.503 e. The standard InChI is InChI=1S/C26H17ClFNO5/c1-33-19-9-7-18(8-10-19)29-23(14-2-5-17(28)6-3-14)22(25(31)26(29)32)24(30)21-13-15-12-16(27)4-11-20(15)34-21/h2-13,23,31H,1H3. The van der Waals surface area contributed by atoms with Crippen molar-refractivity contribution < 1.29 is 28.2 Å². The summed E-state index contributed by atoms with van der Waals surface area (Å²) in [5, 5.41) is 11.9. The quantitative estimate of drug-likeness (QED) is 0.356. The number of aliphatic hydroxyl groups excluding tert-OH is 1. The molecule has 1 amide bonds. The number of carbonyl (C=O) groups excluding carboxylic acids is 2. The number of halogens is 2. The molecule has 1 aromatic heterocycles. The third-order valence-electron chi connectivity index (χ3n) is 5.69. The van der Waals surface area contributed by atoms with E-state index >= 15 is 0 Å². The van der Waals surface area contributed by atoms with Gasteiger partial charge in [-0.3, -0.25) is 14.5 Å². The number of nitrogens with zero attached hydrogens (tertiary/aromatic N) is 1. The Morgan fingerprint density at radius 1 is 1.06 bits per heavy atom. The number of benzene rings is 3. The van der Waals surface area contributed by atoms with Crippen molar-refractivity contribution in [1.29, 1.82) is 0 Å². The Kier molecular flexibility index (Phi) is 5.34. The fourth-order valence-electron chi connectivity index (χ4n) is 4.07. The molecular weight excluding hydrogens is 461 g/mol. The number of amides is 1. The maximum atomic E-state index is 13.7. The molecule has 1 atom stereocenters. The van der Waals surface area contributed by atoms with Gasteiger partial charge in [0.15, 0.2) is 11.5 Å². The molecule has 0 fully saturated rings. The van der Waals surface area contributed by atoms with E-state index in [1.165, 1.54) is 42.3 Å². The summed E-state index contributed by atoms with van der Waals surface area (Å²) in [4.78, 5) is 28.0. The number of methoxy groups -OCH3 is 1. The number of furan rings is 1. The molecule has 0 saturated carbocycles. The van der Waals surface area contributed by atoms with Crippen molar-refractivity contribution in [1.82, 2.24) is 0 Å². The van der Waals surface area contributed by atoms with Crippen LogP contribution in [0, 0.1) is 5.82 Å². The van der Waals surface area contributed by atoms with E-state index in [4.69, 9.17) is 20.8 Å². The summed E-state index contributed by atoms with van der Waals surface area (Å²) in [7, 11) is 1.52. The molecule has 4 aromatic rings. The zero-order chi connectivity index (χ0) is 24.0. The lowest BCUT2D eigenvalue weighted by atomic mass is 9.94. The Bertz CT molecular complexity index is 1460. The lowest BCUT2D eigenvalue weighted by molar-refractivity contribution is -0.117. The average molecular weight is 478 g/mol. The molecule has 1 aliphatic heterocycles. The lowest BCUT2D eigenvalue weighted by Crippen LogP contribution is -2.31. The second kappa shape index (κ2) is 8.35. The summed E-state index contributed by atoms with van der Waals surface area (Å²) in [6, 6.07) is 17.4. The summed E-state index contributed by atoms with van der Waals surface area (Å²) in [6.07, 6.45) is 0. The first-order valence-corrected chi connectivity index (χ1v) is 10.6. The predicted molar refractivity (Wildman–Crippen MR) is 125 cm³/mol. The zero-order valence-corrected chi connectivity index (χ0v) is 18.5. The first kappa shape index (κ1) is 21.7. The minimum atomic E-state index is -1.01. The van der Waals surface area contributed by atoms with E-state index in [1.807, 2.05) is 0 Å². The van der Waals surface area contributed by atoms with Gasteiger partial charge in [-0.1, -0.05) is 23.7 Å². The van der Waals surface area contributed by atoms with Crippen molar-refractivity contribution in [3.8, 4) is 5.75 Å². The van der Waals surface area contributed by atoms with Gasteiger partial charge < -0.3 is 14.3 Å². The molecule has 0 saturated heterocycles. The van der Waals surface area contributed by atoms with Crippen LogP contribution in [-0.4, -0.2) is 23.9 Å². The number of anilines is 1. The van der Waals surface area contributed by atoms with E-state index in [0.717, 1.165) is 0 Å². The summed E-state index contributed by atoms with van der Waals surface area (Å²) in [6.45, 7) is 0. The number of ketones is 1. The van der Waals surface area contributed by atoms with Crippen LogP contribution in [0.1, 0.15) is 22.2 Å². The van der Waals surface area contributed by atoms with E-state index < -0.39 is 29.3 Å². The molecule has 170 valence electrons. The molecule has 6 nitrogen and oxygen atoms in total. The van der Waals surface area contributed by atoms with Crippen LogP contribution in [0.4, 0.5) is 10.1 Å². The van der Waals surface area contributed by atoms with E-state index in [2.05, 4.69) is 0 Å². The van der Waals surface area contributed by atoms with Crippen molar-refractivity contribution in [3.05, 3.63) is 106 Å². The van der Waals surface area contributed by atoms with Crippen molar-refractivity contribution in [2.45, 2.75) is 6.04 Å². The highest BCUT2D eigenvalue weighted by Crippen LogP contribution is 2.42. The molecular formula is C26H17ClFNO5. The Balaban J connectivity index is 1.64. The highest BCUT2D eigenvalue weighted by atomic mass is 35.5. The van der Waals surface area contributed by atoms with Crippen molar-refractivity contribution in [2.75, 3.05) is 12.0 Å². The Morgan fingerprint density at radius 3 is 2.44 bits per heavy atom. The lowest BCUT2D eigenvalue weighted by Gasteiger charge is -2.27. The van der Waals surface area contributed by atoms with Gasteiger partial charge in [0.2, 0.25) is 5.78 Å². The monoisotopic (exact) mass is 477 g/mol. The fourth-order valence-corrected chi connectivity index (χ4v) is 4.25. The molecule has 8 heteroatoms. The summed E-state index contributed by atoms with van der Waals surface area (Å²) >= 11 is 6.03. The van der Waals surface area contributed by atoms with Gasteiger partial charge in [-0.25, -0.2) is 4.39 Å². The van der Waals surface area contributed by atoms with E-state index in [1.54, 1.807) is 42.5 Å². The zero-order valence-electron chi connectivity index (χ0n) is 17.8. The van der Waals surface area contributed by atoms with Gasteiger partial charge in [-0.15, -0.1) is 0 Å². The maximum absolute atomic E-state index is 13.7. The van der Waals surface area contributed by atoms with Gasteiger partial charge in [0.25, 0.3) is 5.91 Å². The first-order chi connectivity index (χ1) is 16.4. The van der Waals surface area contributed by atoms with Gasteiger partial charge in [0, 0.05) is 16.1 Å². The van der Waals surface area contributed by atoms with Gasteiger partial charge in [-0.05, 0) is 66.2 Å². The van der Waals surface area contributed by atoms with Gasteiger partial charge in [0.05, 0.1) is 18.7 Å². The Morgan fingerprint density at radius 2 is 1.76 bits per heavy atom. The molecule has 1 N–H and O–H groups in total. The highest BCUT2D eigenvalue weighted by molar-refractivity contribution is 6.31. The van der Waals surface area contributed by atoms with Crippen LogP contribution >= 0.6 is 11.6 Å². The molecule has 0 spiro atoms. The molecule has 1 aliphatic rings. The van der Waals surface area contributed by atoms with Gasteiger partial charge in [0.1, 0.15) is 17.1 Å². The third-order valence-corrected chi connectivity index (χ3v) is 5.93. The fraction of sp³-hybridized carbons (Fsp3) is 0.0769. The van der Waals surface area contributed by atoms with E-state index in [9.17, 15) is 19.1 Å². The molecule has 3 aromatic carbocycles. The molecule has 1 unspecified atom stereocenters. The maximum Gasteiger partial charge on any atom is 0.294 e. The summed E-state index contributed by atoms with van der Waals surface area (Å²) in [5.74, 6) is -2.09. The van der Waals surface area contributed by atoms with Crippen LogP contribution in [0.3, 0.4) is 0 Å². The summed E-state index contributed by atoms with van der Waals surface area (Å²) in [5.41, 5.74) is 1.13. The van der Waals surface area contributed by atoms with Crippen LogP contribution in [0.15, 0.2) is 88.5 Å². The second-order valence-electron chi connectivity index (χ2n) is 7.71. The van der Waals surface area contributed by atoms with Crippen molar-refractivity contribution in [3.63, 3.8) is 0 Å². The molecule has 2 heterocycles. The Hall–Kier alpha value is -4.10. The number of carbonyl (C=O) groups is 2. The summed E-state index contributed by atoms with van der Waals surface area (Å²) < 4.78 is 24.5. The number of fused-ring (bicyclic) bond motifs is 1. The van der Waals surface area contributed by atoms with Gasteiger partial charge in [-0.2, -0.15) is 0 Å². The molecule has 0 bridgehead atoms. The SMILES string of the molecule is COc1ccc(N2C(=O)C(O)=C(C(=O)c3cc4cc(Cl)ccc4o3)C2c2ccc(F)cc2)cc1. The van der Waals surface area contributed by atoms with Crippen LogP contribution in [0.25, 0.3) is 11.0 Å². The Labute approximate surface area is 198 Å². The molecule has 0 aliphatic carbocycles. The number of aliphatic hydroxyl groups is 1. The minimum absolute atomic E-state index is 0.0599. The molecule has 34 heavy (non-hydrogen) atoms. The van der Waals surface area contributed by atoms with Crippen LogP contribution < -0.4 is 9.64 Å². The molecule has 0 radical (unpaired) electrons. The third kappa shape index (κ3) is 3.60. The normalized spacial score (nSPS) is 15.9. The van der Waals surface area contributed by atoms with Crippen molar-refractivity contribution >= 4 is 39.9 Å².